The van der Waals surface area contributed by atoms with Crippen LogP contribution in [0.5, 0.6) is 5.75 Å². The quantitative estimate of drug-likeness (QED) is 0.865. The van der Waals surface area contributed by atoms with E-state index in [4.69, 9.17) is 14.6 Å². The number of aromatic carboxylic acids is 1. The third-order valence-corrected chi connectivity index (χ3v) is 4.96. The molecule has 110 valence electrons. The Bertz CT molecular complexity index is 482. The van der Waals surface area contributed by atoms with Gasteiger partial charge in [0, 0.05) is 29.3 Å². The van der Waals surface area contributed by atoms with E-state index in [1.165, 1.54) is 12.1 Å². The molecule has 0 bridgehead atoms. The van der Waals surface area contributed by atoms with Gasteiger partial charge in [-0.1, -0.05) is 6.07 Å². The molecule has 1 aliphatic heterocycles. The number of rotatable bonds is 6. The maximum atomic E-state index is 12.0. The Kier molecular flexibility index (Phi) is 5.55. The first kappa shape index (κ1) is 15.0. The second-order valence-corrected chi connectivity index (χ2v) is 6.41. The first-order valence-corrected chi connectivity index (χ1v) is 7.96. The van der Waals surface area contributed by atoms with E-state index in [-0.39, 0.29) is 10.8 Å². The van der Waals surface area contributed by atoms with Gasteiger partial charge in [-0.25, -0.2) is 4.79 Å². The maximum absolute atomic E-state index is 12.0. The van der Waals surface area contributed by atoms with Crippen LogP contribution in [0.25, 0.3) is 0 Å². The molecule has 0 aromatic heterocycles. The molecule has 0 spiro atoms. The van der Waals surface area contributed by atoms with Crippen LogP contribution in [0.1, 0.15) is 23.2 Å². The van der Waals surface area contributed by atoms with Crippen LogP contribution < -0.4 is 4.74 Å². The van der Waals surface area contributed by atoms with Crippen molar-refractivity contribution in [3.8, 4) is 5.75 Å². The van der Waals surface area contributed by atoms with Crippen molar-refractivity contribution in [1.29, 1.82) is 0 Å². The highest BCUT2D eigenvalue weighted by Gasteiger charge is 2.19. The van der Waals surface area contributed by atoms with Crippen LogP contribution in [0.15, 0.2) is 24.3 Å². The van der Waals surface area contributed by atoms with Crippen molar-refractivity contribution in [3.63, 3.8) is 0 Å². The zero-order valence-electron chi connectivity index (χ0n) is 11.1. The molecule has 1 N–H and O–H groups in total. The Morgan fingerprint density at radius 1 is 1.40 bits per heavy atom. The van der Waals surface area contributed by atoms with Gasteiger partial charge in [-0.15, -0.1) is 0 Å². The summed E-state index contributed by atoms with van der Waals surface area (Å²) in [6.45, 7) is 1.68. The third-order valence-electron chi connectivity index (χ3n) is 3.17. The molecule has 1 aromatic rings. The maximum Gasteiger partial charge on any atom is 0.335 e. The van der Waals surface area contributed by atoms with Crippen LogP contribution >= 0.6 is 0 Å². The van der Waals surface area contributed by atoms with Gasteiger partial charge in [0.05, 0.1) is 17.9 Å². The fourth-order valence-electron chi connectivity index (χ4n) is 2.07. The predicted molar refractivity (Wildman–Crippen MR) is 75.7 cm³/mol. The number of carboxylic acid groups (broad SMARTS) is 1. The average Bonchev–Trinajstić information content (AvgIpc) is 2.48. The van der Waals surface area contributed by atoms with Gasteiger partial charge < -0.3 is 14.6 Å². The smallest absolute Gasteiger partial charge is 0.335 e. The van der Waals surface area contributed by atoms with Gasteiger partial charge in [-0.05, 0) is 31.0 Å². The molecule has 0 amide bonds. The van der Waals surface area contributed by atoms with E-state index in [0.29, 0.717) is 31.3 Å². The second-order valence-electron chi connectivity index (χ2n) is 4.58. The topological polar surface area (TPSA) is 72.8 Å². The van der Waals surface area contributed by atoms with Gasteiger partial charge >= 0.3 is 5.97 Å². The molecule has 2 rings (SSSR count). The van der Waals surface area contributed by atoms with Crippen LogP contribution in [0.4, 0.5) is 0 Å². The first-order valence-electron chi connectivity index (χ1n) is 6.58. The molecule has 1 fully saturated rings. The van der Waals surface area contributed by atoms with Crippen LogP contribution in [0, 0.1) is 0 Å². The van der Waals surface area contributed by atoms with Gasteiger partial charge in [0.1, 0.15) is 5.75 Å². The van der Waals surface area contributed by atoms with E-state index in [9.17, 15) is 9.00 Å². The molecule has 1 aliphatic rings. The standard InChI is InChI=1S/C14H18O5S/c15-14(16)11-2-1-3-12(10-11)19-8-9-20(17)13-4-6-18-7-5-13/h1-3,10,13H,4-9H2,(H,15,16). The Balaban J connectivity index is 1.79. The predicted octanol–water partition coefficient (Wildman–Crippen LogP) is 1.69. The molecule has 0 aliphatic carbocycles. The van der Waals surface area contributed by atoms with Crippen LogP contribution in [-0.4, -0.2) is 46.1 Å². The minimum absolute atomic E-state index is 0.188. The van der Waals surface area contributed by atoms with Gasteiger partial charge in [0.25, 0.3) is 0 Å². The van der Waals surface area contributed by atoms with Crippen LogP contribution in [-0.2, 0) is 15.5 Å². The summed E-state index contributed by atoms with van der Waals surface area (Å²) in [7, 11) is -0.916. The lowest BCUT2D eigenvalue weighted by Gasteiger charge is -2.21. The molecule has 0 saturated carbocycles. The number of hydrogen-bond donors (Lipinski definition) is 1. The largest absolute Gasteiger partial charge is 0.493 e. The summed E-state index contributed by atoms with van der Waals surface area (Å²) in [5.41, 5.74) is 0.188. The van der Waals surface area contributed by atoms with Crippen molar-refractivity contribution in [2.45, 2.75) is 18.1 Å². The fourth-order valence-corrected chi connectivity index (χ4v) is 3.37. The van der Waals surface area contributed by atoms with Gasteiger partial charge in [-0.3, -0.25) is 4.21 Å². The Morgan fingerprint density at radius 3 is 2.85 bits per heavy atom. The summed E-state index contributed by atoms with van der Waals surface area (Å²) < 4.78 is 22.8. The summed E-state index contributed by atoms with van der Waals surface area (Å²) >= 11 is 0. The van der Waals surface area contributed by atoms with E-state index in [1.54, 1.807) is 12.1 Å². The number of carboxylic acids is 1. The fraction of sp³-hybridized carbons (Fsp3) is 0.500. The van der Waals surface area contributed by atoms with Crippen molar-refractivity contribution in [2.24, 2.45) is 0 Å². The molecular weight excluding hydrogens is 280 g/mol. The Labute approximate surface area is 120 Å². The minimum Gasteiger partial charge on any atom is -0.493 e. The molecular formula is C14H18O5S. The van der Waals surface area contributed by atoms with Crippen molar-refractivity contribution < 1.29 is 23.6 Å². The van der Waals surface area contributed by atoms with E-state index in [0.717, 1.165) is 12.8 Å². The highest BCUT2D eigenvalue weighted by atomic mass is 32.2. The van der Waals surface area contributed by atoms with Gasteiger partial charge in [-0.2, -0.15) is 0 Å². The lowest BCUT2D eigenvalue weighted by molar-refractivity contribution is 0.0696. The van der Waals surface area contributed by atoms with Crippen LogP contribution in [0.3, 0.4) is 0 Å². The van der Waals surface area contributed by atoms with Crippen molar-refractivity contribution in [3.05, 3.63) is 29.8 Å². The Hall–Kier alpha value is -1.40. The number of hydrogen-bond acceptors (Lipinski definition) is 4. The zero-order valence-corrected chi connectivity index (χ0v) is 11.9. The molecule has 1 unspecified atom stereocenters. The first-order chi connectivity index (χ1) is 9.66. The van der Waals surface area contributed by atoms with Crippen molar-refractivity contribution in [2.75, 3.05) is 25.6 Å². The van der Waals surface area contributed by atoms with Crippen LogP contribution in [0.2, 0.25) is 0 Å². The summed E-state index contributed by atoms with van der Waals surface area (Å²) in [5, 5.41) is 9.07. The van der Waals surface area contributed by atoms with E-state index >= 15 is 0 Å². The van der Waals surface area contributed by atoms with E-state index in [1.807, 2.05) is 0 Å². The molecule has 20 heavy (non-hydrogen) atoms. The normalized spacial score (nSPS) is 17.6. The number of ether oxygens (including phenoxy) is 2. The zero-order chi connectivity index (χ0) is 14.4. The summed E-state index contributed by atoms with van der Waals surface area (Å²) in [6, 6.07) is 6.31. The minimum atomic E-state index is -0.985. The number of benzene rings is 1. The van der Waals surface area contributed by atoms with E-state index < -0.39 is 16.8 Å². The SMILES string of the molecule is O=C(O)c1cccc(OCCS(=O)C2CCOCC2)c1. The van der Waals surface area contributed by atoms with E-state index in [2.05, 4.69) is 0 Å². The molecule has 0 radical (unpaired) electrons. The second kappa shape index (κ2) is 7.40. The molecule has 1 aromatic carbocycles. The molecule has 1 saturated heterocycles. The lowest BCUT2D eigenvalue weighted by Crippen LogP contribution is -2.27. The molecule has 1 atom stereocenters. The number of carbonyl (C=O) groups is 1. The Morgan fingerprint density at radius 2 is 2.15 bits per heavy atom. The highest BCUT2D eigenvalue weighted by molar-refractivity contribution is 7.85. The summed E-state index contributed by atoms with van der Waals surface area (Å²) in [6.07, 6.45) is 1.67. The lowest BCUT2D eigenvalue weighted by atomic mass is 10.2. The third kappa shape index (κ3) is 4.31. The van der Waals surface area contributed by atoms with Gasteiger partial charge in [0.2, 0.25) is 0 Å². The summed E-state index contributed by atoms with van der Waals surface area (Å²) in [4.78, 5) is 10.8. The molecule has 5 nitrogen and oxygen atoms in total. The summed E-state index contributed by atoms with van der Waals surface area (Å²) in [5.74, 6) is -0.0304. The monoisotopic (exact) mass is 298 g/mol. The van der Waals surface area contributed by atoms with Gasteiger partial charge in [0.15, 0.2) is 0 Å². The molecule has 6 heteroatoms. The van der Waals surface area contributed by atoms with Crippen molar-refractivity contribution >= 4 is 16.8 Å². The average molecular weight is 298 g/mol. The highest BCUT2D eigenvalue weighted by Crippen LogP contribution is 2.15. The molecule has 1 heterocycles. The van der Waals surface area contributed by atoms with Crippen molar-refractivity contribution in [1.82, 2.24) is 0 Å².